The summed E-state index contributed by atoms with van der Waals surface area (Å²) in [4.78, 5) is 13.2. The number of hydrogen-bond acceptors (Lipinski definition) is 4. The van der Waals surface area contributed by atoms with Crippen molar-refractivity contribution in [1.29, 1.82) is 0 Å². The molecule has 0 bridgehead atoms. The van der Waals surface area contributed by atoms with Crippen LogP contribution in [0.15, 0.2) is 18.2 Å². The van der Waals surface area contributed by atoms with Crippen LogP contribution >= 0.6 is 0 Å². The normalized spacial score (nSPS) is 19.2. The average molecular weight is 277 g/mol. The minimum absolute atomic E-state index is 0.156. The number of ether oxygens (including phenoxy) is 2. The van der Waals surface area contributed by atoms with E-state index in [-0.39, 0.29) is 5.92 Å². The lowest BCUT2D eigenvalue weighted by molar-refractivity contribution is -0.143. The van der Waals surface area contributed by atoms with Crippen LogP contribution in [0.25, 0.3) is 0 Å². The highest BCUT2D eigenvalue weighted by atomic mass is 16.7. The van der Waals surface area contributed by atoms with E-state index in [0.717, 1.165) is 50.4 Å². The van der Waals surface area contributed by atoms with Crippen LogP contribution in [0, 0.1) is 5.92 Å². The highest BCUT2D eigenvalue weighted by molar-refractivity contribution is 5.70. The van der Waals surface area contributed by atoms with Gasteiger partial charge in [0.15, 0.2) is 11.5 Å². The van der Waals surface area contributed by atoms with E-state index in [1.807, 2.05) is 12.1 Å². The Morgan fingerprint density at radius 1 is 1.25 bits per heavy atom. The van der Waals surface area contributed by atoms with Gasteiger partial charge in [0, 0.05) is 6.54 Å². The standard InChI is InChI=1S/C15H19NO4/c17-15(18)12-4-7-16(8-5-12)6-3-11-1-2-13-14(9-11)20-10-19-13/h1-2,9,12H,3-8,10H2,(H,17,18). The third-order valence-corrected chi connectivity index (χ3v) is 4.09. The van der Waals surface area contributed by atoms with Crippen molar-refractivity contribution in [3.05, 3.63) is 23.8 Å². The zero-order chi connectivity index (χ0) is 13.9. The van der Waals surface area contributed by atoms with E-state index in [1.54, 1.807) is 0 Å². The van der Waals surface area contributed by atoms with Crippen molar-refractivity contribution in [2.45, 2.75) is 19.3 Å². The molecule has 1 aromatic rings. The molecule has 2 aliphatic heterocycles. The lowest BCUT2D eigenvalue weighted by Gasteiger charge is -2.29. The predicted molar refractivity (Wildman–Crippen MR) is 73.1 cm³/mol. The largest absolute Gasteiger partial charge is 0.481 e. The topological polar surface area (TPSA) is 59.0 Å². The minimum atomic E-state index is -0.652. The molecule has 108 valence electrons. The molecule has 0 atom stereocenters. The smallest absolute Gasteiger partial charge is 0.306 e. The van der Waals surface area contributed by atoms with Crippen LogP contribution in [0.4, 0.5) is 0 Å². The summed E-state index contributed by atoms with van der Waals surface area (Å²) in [6.07, 6.45) is 2.47. The zero-order valence-electron chi connectivity index (χ0n) is 11.4. The van der Waals surface area contributed by atoms with Crippen LogP contribution in [-0.4, -0.2) is 42.4 Å². The molecule has 0 unspecified atom stereocenters. The maximum absolute atomic E-state index is 10.9. The van der Waals surface area contributed by atoms with Gasteiger partial charge in [0.2, 0.25) is 6.79 Å². The van der Waals surface area contributed by atoms with Crippen LogP contribution in [0.2, 0.25) is 0 Å². The number of carbonyl (C=O) groups is 1. The Morgan fingerprint density at radius 2 is 2.00 bits per heavy atom. The van der Waals surface area contributed by atoms with Crippen LogP contribution in [-0.2, 0) is 11.2 Å². The molecule has 2 heterocycles. The second kappa shape index (κ2) is 5.71. The van der Waals surface area contributed by atoms with E-state index in [9.17, 15) is 4.79 Å². The molecule has 0 aliphatic carbocycles. The number of rotatable bonds is 4. The second-order valence-electron chi connectivity index (χ2n) is 5.39. The van der Waals surface area contributed by atoms with Crippen molar-refractivity contribution in [1.82, 2.24) is 4.90 Å². The van der Waals surface area contributed by atoms with Gasteiger partial charge in [-0.1, -0.05) is 6.07 Å². The van der Waals surface area contributed by atoms with Crippen molar-refractivity contribution >= 4 is 5.97 Å². The van der Waals surface area contributed by atoms with E-state index in [1.165, 1.54) is 5.56 Å². The molecule has 3 rings (SSSR count). The fraction of sp³-hybridized carbons (Fsp3) is 0.533. The number of nitrogens with zero attached hydrogens (tertiary/aromatic N) is 1. The highest BCUT2D eigenvalue weighted by Gasteiger charge is 2.24. The third kappa shape index (κ3) is 2.88. The number of benzene rings is 1. The Balaban J connectivity index is 1.49. The van der Waals surface area contributed by atoms with E-state index in [2.05, 4.69) is 11.0 Å². The van der Waals surface area contributed by atoms with Crippen molar-refractivity contribution < 1.29 is 19.4 Å². The monoisotopic (exact) mass is 277 g/mol. The first-order chi connectivity index (χ1) is 9.72. The zero-order valence-corrected chi connectivity index (χ0v) is 11.4. The van der Waals surface area contributed by atoms with Crippen LogP contribution in [0.3, 0.4) is 0 Å². The Morgan fingerprint density at radius 3 is 2.75 bits per heavy atom. The van der Waals surface area contributed by atoms with Gasteiger partial charge in [-0.15, -0.1) is 0 Å². The lowest BCUT2D eigenvalue weighted by atomic mass is 9.97. The van der Waals surface area contributed by atoms with Crippen molar-refractivity contribution in [2.24, 2.45) is 5.92 Å². The average Bonchev–Trinajstić information content (AvgIpc) is 2.93. The quantitative estimate of drug-likeness (QED) is 0.908. The van der Waals surface area contributed by atoms with Gasteiger partial charge >= 0.3 is 5.97 Å². The lowest BCUT2D eigenvalue weighted by Crippen LogP contribution is -2.37. The molecule has 20 heavy (non-hydrogen) atoms. The first kappa shape index (κ1) is 13.2. The molecule has 1 fully saturated rings. The van der Waals surface area contributed by atoms with E-state index >= 15 is 0 Å². The van der Waals surface area contributed by atoms with Crippen molar-refractivity contribution in [3.8, 4) is 11.5 Å². The Bertz CT molecular complexity index is 495. The Hall–Kier alpha value is -1.75. The van der Waals surface area contributed by atoms with Gasteiger partial charge in [-0.2, -0.15) is 0 Å². The number of aliphatic carboxylic acids is 1. The van der Waals surface area contributed by atoms with Gasteiger partial charge in [-0.3, -0.25) is 4.79 Å². The number of carboxylic acid groups (broad SMARTS) is 1. The molecule has 1 aromatic carbocycles. The molecule has 2 aliphatic rings. The molecule has 5 nitrogen and oxygen atoms in total. The van der Waals surface area contributed by atoms with Gasteiger partial charge in [0.25, 0.3) is 0 Å². The van der Waals surface area contributed by atoms with E-state index in [0.29, 0.717) is 6.79 Å². The van der Waals surface area contributed by atoms with Crippen molar-refractivity contribution in [3.63, 3.8) is 0 Å². The van der Waals surface area contributed by atoms with Crippen molar-refractivity contribution in [2.75, 3.05) is 26.4 Å². The molecule has 0 aromatic heterocycles. The minimum Gasteiger partial charge on any atom is -0.481 e. The molecule has 0 spiro atoms. The molecule has 1 saturated heterocycles. The van der Waals surface area contributed by atoms with E-state index in [4.69, 9.17) is 14.6 Å². The summed E-state index contributed by atoms with van der Waals surface area (Å²) in [6, 6.07) is 6.05. The summed E-state index contributed by atoms with van der Waals surface area (Å²) in [5.74, 6) is 0.834. The van der Waals surface area contributed by atoms with Gasteiger partial charge in [-0.05, 0) is 50.0 Å². The summed E-state index contributed by atoms with van der Waals surface area (Å²) in [6.45, 7) is 3.02. The maximum atomic E-state index is 10.9. The summed E-state index contributed by atoms with van der Waals surface area (Å²) in [5.41, 5.74) is 1.23. The van der Waals surface area contributed by atoms with Gasteiger partial charge < -0.3 is 19.5 Å². The molecule has 0 radical (unpaired) electrons. The third-order valence-electron chi connectivity index (χ3n) is 4.09. The van der Waals surface area contributed by atoms with Crippen LogP contribution < -0.4 is 9.47 Å². The maximum Gasteiger partial charge on any atom is 0.306 e. The van der Waals surface area contributed by atoms with Gasteiger partial charge in [-0.25, -0.2) is 0 Å². The first-order valence-electron chi connectivity index (χ1n) is 7.06. The number of hydrogen-bond donors (Lipinski definition) is 1. The first-order valence-corrected chi connectivity index (χ1v) is 7.06. The molecular formula is C15H19NO4. The van der Waals surface area contributed by atoms with Gasteiger partial charge in [0.1, 0.15) is 0 Å². The number of fused-ring (bicyclic) bond motifs is 1. The van der Waals surface area contributed by atoms with Crippen LogP contribution in [0.1, 0.15) is 18.4 Å². The Kier molecular flexibility index (Phi) is 3.78. The molecule has 1 N–H and O–H groups in total. The number of carboxylic acids is 1. The van der Waals surface area contributed by atoms with Gasteiger partial charge in [0.05, 0.1) is 5.92 Å². The fourth-order valence-electron chi connectivity index (χ4n) is 2.79. The van der Waals surface area contributed by atoms with Crippen LogP contribution in [0.5, 0.6) is 11.5 Å². The molecule has 0 saturated carbocycles. The predicted octanol–water partition coefficient (Wildman–Crippen LogP) is 1.75. The highest BCUT2D eigenvalue weighted by Crippen LogP contribution is 2.32. The molecular weight excluding hydrogens is 258 g/mol. The SMILES string of the molecule is O=C(O)C1CCN(CCc2ccc3c(c2)OCO3)CC1. The number of likely N-dealkylation sites (tertiary alicyclic amines) is 1. The summed E-state index contributed by atoms with van der Waals surface area (Å²) >= 11 is 0. The Labute approximate surface area is 118 Å². The summed E-state index contributed by atoms with van der Waals surface area (Å²) < 4.78 is 10.7. The van der Waals surface area contributed by atoms with E-state index < -0.39 is 5.97 Å². The fourth-order valence-corrected chi connectivity index (χ4v) is 2.79. The molecule has 5 heteroatoms. The summed E-state index contributed by atoms with van der Waals surface area (Å²) in [7, 11) is 0. The second-order valence-corrected chi connectivity index (χ2v) is 5.39. The summed E-state index contributed by atoms with van der Waals surface area (Å²) in [5, 5.41) is 8.98. The molecule has 0 amide bonds. The number of piperidine rings is 1.